The summed E-state index contributed by atoms with van der Waals surface area (Å²) in [5.74, 6) is 5.79. The number of aliphatic hydroxyl groups excluding tert-OH is 1. The van der Waals surface area contributed by atoms with Gasteiger partial charge in [0.2, 0.25) is 5.95 Å². The lowest BCUT2D eigenvalue weighted by molar-refractivity contribution is -0.0852. The number of aromatic nitrogens is 3. The molecule has 6 N–H and O–H groups in total. The zero-order valence-electron chi connectivity index (χ0n) is 13.4. The van der Waals surface area contributed by atoms with Crippen molar-refractivity contribution in [2.45, 2.75) is 37.2 Å². The molecule has 0 amide bonds. The molecule has 2 aliphatic carbocycles. The van der Waals surface area contributed by atoms with Crippen molar-refractivity contribution in [3.8, 4) is 11.8 Å². The van der Waals surface area contributed by atoms with Crippen LogP contribution in [0.15, 0.2) is 11.6 Å². The Hall–Kier alpha value is -2.25. The average Bonchev–Trinajstić information content (AvgIpc) is 2.92. The summed E-state index contributed by atoms with van der Waals surface area (Å²) >= 11 is 1.40. The van der Waals surface area contributed by atoms with Gasteiger partial charge < -0.3 is 26.4 Å². The summed E-state index contributed by atoms with van der Waals surface area (Å²) in [4.78, 5) is 12.3. The van der Waals surface area contributed by atoms with Gasteiger partial charge in [-0.1, -0.05) is 5.92 Å². The van der Waals surface area contributed by atoms with Crippen molar-refractivity contribution in [3.63, 3.8) is 0 Å². The highest BCUT2D eigenvalue weighted by Crippen LogP contribution is 2.60. The number of nitrogens with one attached hydrogen (secondary N) is 1. The fourth-order valence-corrected chi connectivity index (χ4v) is 4.00. The van der Waals surface area contributed by atoms with E-state index in [0.717, 1.165) is 0 Å². The van der Waals surface area contributed by atoms with Crippen LogP contribution in [0.25, 0.3) is 0 Å². The highest BCUT2D eigenvalue weighted by molar-refractivity contribution is 7.10. The van der Waals surface area contributed by atoms with Crippen LogP contribution in [0.5, 0.6) is 0 Å². The molecule has 0 spiro atoms. The van der Waals surface area contributed by atoms with Crippen LogP contribution in [-0.4, -0.2) is 47.7 Å². The Balaban J connectivity index is 1.72. The fourth-order valence-electron chi connectivity index (χ4n) is 3.51. The van der Waals surface area contributed by atoms with E-state index in [-0.39, 0.29) is 24.1 Å². The number of hydrogen-bond donors (Lipinski definition) is 5. The second kappa shape index (κ2) is 5.37. The van der Waals surface area contributed by atoms with Gasteiger partial charge in [-0.3, -0.25) is 0 Å². The number of aryl methyl sites for hydroxylation is 1. The SMILES string of the molecule is Cc1nc(N)nc(NC2(O)CCC3C(O)C32O)c1C#Cc1nccs1. The number of nitrogen functional groups attached to an aromatic ring is 1. The first kappa shape index (κ1) is 16.2. The van der Waals surface area contributed by atoms with Crippen LogP contribution in [0.1, 0.15) is 29.1 Å². The summed E-state index contributed by atoms with van der Waals surface area (Å²) < 4.78 is 0. The first-order valence-corrected chi connectivity index (χ1v) is 8.70. The molecule has 2 heterocycles. The Kier molecular flexibility index (Phi) is 3.49. The summed E-state index contributed by atoms with van der Waals surface area (Å²) in [6.07, 6.45) is 1.50. The van der Waals surface area contributed by atoms with Crippen molar-refractivity contribution in [1.82, 2.24) is 15.0 Å². The molecule has 0 aliphatic heterocycles. The molecule has 2 aromatic rings. The molecule has 0 aromatic carbocycles. The average molecular weight is 359 g/mol. The summed E-state index contributed by atoms with van der Waals surface area (Å²) in [5.41, 5.74) is 3.45. The molecule has 8 nitrogen and oxygen atoms in total. The second-order valence-corrected chi connectivity index (χ2v) is 7.27. The Morgan fingerprint density at radius 2 is 2.16 bits per heavy atom. The van der Waals surface area contributed by atoms with Crippen molar-refractivity contribution in [2.75, 3.05) is 11.1 Å². The third-order valence-corrected chi connectivity index (χ3v) is 5.62. The zero-order valence-corrected chi connectivity index (χ0v) is 14.2. The molecule has 0 radical (unpaired) electrons. The maximum atomic E-state index is 10.9. The van der Waals surface area contributed by atoms with E-state index in [1.54, 1.807) is 13.1 Å². The molecule has 25 heavy (non-hydrogen) atoms. The minimum atomic E-state index is -1.69. The summed E-state index contributed by atoms with van der Waals surface area (Å²) in [6, 6.07) is 0. The van der Waals surface area contributed by atoms with Gasteiger partial charge in [-0.25, -0.2) is 9.97 Å². The second-order valence-electron chi connectivity index (χ2n) is 6.38. The molecule has 4 atom stereocenters. The lowest BCUT2D eigenvalue weighted by Gasteiger charge is -2.32. The van der Waals surface area contributed by atoms with Crippen LogP contribution in [0.3, 0.4) is 0 Å². The maximum absolute atomic E-state index is 10.9. The molecule has 2 aliphatic rings. The Labute approximate surface area is 147 Å². The van der Waals surface area contributed by atoms with Gasteiger partial charge in [0.25, 0.3) is 0 Å². The molecule has 2 fully saturated rings. The molecule has 2 aromatic heterocycles. The summed E-state index contributed by atoms with van der Waals surface area (Å²) in [7, 11) is 0. The predicted molar refractivity (Wildman–Crippen MR) is 91.5 cm³/mol. The van der Waals surface area contributed by atoms with Crippen LogP contribution < -0.4 is 11.1 Å². The minimum Gasteiger partial charge on any atom is -0.390 e. The molecule has 4 unspecified atom stereocenters. The van der Waals surface area contributed by atoms with Crippen LogP contribution in [-0.2, 0) is 0 Å². The van der Waals surface area contributed by atoms with Gasteiger partial charge in [0.15, 0.2) is 10.7 Å². The van der Waals surface area contributed by atoms with E-state index in [1.807, 2.05) is 5.38 Å². The normalized spacial score (nSPS) is 32.6. The van der Waals surface area contributed by atoms with E-state index in [1.165, 1.54) is 11.3 Å². The van der Waals surface area contributed by atoms with Gasteiger partial charge in [0.05, 0.1) is 17.4 Å². The van der Waals surface area contributed by atoms with Crippen molar-refractivity contribution >= 4 is 23.1 Å². The molecule has 9 heteroatoms. The Bertz CT molecular complexity index is 893. The quantitative estimate of drug-likeness (QED) is 0.368. The summed E-state index contributed by atoms with van der Waals surface area (Å²) in [5, 5.41) is 36.6. The third kappa shape index (κ3) is 2.38. The number of fused-ring (bicyclic) bond motifs is 1. The van der Waals surface area contributed by atoms with E-state index >= 15 is 0 Å². The van der Waals surface area contributed by atoms with Gasteiger partial charge in [-0.15, -0.1) is 11.3 Å². The zero-order chi connectivity index (χ0) is 17.8. The van der Waals surface area contributed by atoms with E-state index < -0.39 is 17.4 Å². The van der Waals surface area contributed by atoms with Gasteiger partial charge in [-0.2, -0.15) is 4.98 Å². The van der Waals surface area contributed by atoms with Crippen molar-refractivity contribution in [3.05, 3.63) is 27.8 Å². The van der Waals surface area contributed by atoms with Crippen LogP contribution in [0, 0.1) is 24.7 Å². The molecule has 4 rings (SSSR count). The molecular formula is C16H17N5O3S. The van der Waals surface area contributed by atoms with E-state index in [4.69, 9.17) is 5.73 Å². The number of nitrogens with two attached hydrogens (primary N) is 1. The lowest BCUT2D eigenvalue weighted by atomic mass is 10.0. The van der Waals surface area contributed by atoms with E-state index in [9.17, 15) is 15.3 Å². The lowest BCUT2D eigenvalue weighted by Crippen LogP contribution is -2.51. The van der Waals surface area contributed by atoms with Gasteiger partial charge in [0.1, 0.15) is 11.4 Å². The van der Waals surface area contributed by atoms with Gasteiger partial charge >= 0.3 is 0 Å². The molecule has 0 bridgehead atoms. The smallest absolute Gasteiger partial charge is 0.222 e. The molecule has 2 saturated carbocycles. The number of thiazole rings is 1. The van der Waals surface area contributed by atoms with E-state index in [2.05, 4.69) is 32.1 Å². The Morgan fingerprint density at radius 3 is 2.80 bits per heavy atom. The Morgan fingerprint density at radius 1 is 1.36 bits per heavy atom. The van der Waals surface area contributed by atoms with Crippen molar-refractivity contribution in [1.29, 1.82) is 0 Å². The third-order valence-electron chi connectivity index (χ3n) is 4.93. The number of aliphatic hydroxyl groups is 3. The monoisotopic (exact) mass is 359 g/mol. The number of anilines is 2. The number of hydrogen-bond acceptors (Lipinski definition) is 9. The molecule has 130 valence electrons. The van der Waals surface area contributed by atoms with Gasteiger partial charge in [-0.05, 0) is 25.7 Å². The fraction of sp³-hybridized carbons (Fsp3) is 0.438. The van der Waals surface area contributed by atoms with Crippen molar-refractivity contribution < 1.29 is 15.3 Å². The first-order chi connectivity index (χ1) is 11.8. The summed E-state index contributed by atoms with van der Waals surface area (Å²) in [6.45, 7) is 1.73. The predicted octanol–water partition coefficient (Wildman–Crippen LogP) is -0.160. The van der Waals surface area contributed by atoms with Crippen molar-refractivity contribution in [2.24, 2.45) is 5.92 Å². The van der Waals surface area contributed by atoms with Gasteiger partial charge in [0, 0.05) is 17.5 Å². The highest BCUT2D eigenvalue weighted by atomic mass is 32.1. The van der Waals surface area contributed by atoms with Crippen LogP contribution in [0.2, 0.25) is 0 Å². The van der Waals surface area contributed by atoms with Crippen LogP contribution >= 0.6 is 11.3 Å². The van der Waals surface area contributed by atoms with E-state index in [0.29, 0.717) is 22.7 Å². The highest BCUT2D eigenvalue weighted by Gasteiger charge is 2.78. The number of rotatable bonds is 2. The number of nitrogens with zero attached hydrogens (tertiary/aromatic N) is 3. The topological polar surface area (TPSA) is 137 Å². The minimum absolute atomic E-state index is 0.0290. The van der Waals surface area contributed by atoms with Crippen LogP contribution in [0.4, 0.5) is 11.8 Å². The first-order valence-electron chi connectivity index (χ1n) is 7.82. The molecule has 0 saturated heterocycles. The standard InChI is InChI=1S/C16H17N5O3S/c1-8-9(2-3-11-18-6-7-25-11)13(20-14(17)19-8)21-15(23)5-4-10-12(22)16(10,15)24/h6-7,10,12,22-24H,4-5H2,1H3,(H3,17,19,20,21). The molecular weight excluding hydrogens is 342 g/mol. The maximum Gasteiger partial charge on any atom is 0.222 e. The largest absolute Gasteiger partial charge is 0.390 e.